The molecule has 2 heterocycles. The molecular weight excluding hydrogens is 376 g/mol. The molecule has 1 aromatic carbocycles. The molecule has 0 amide bonds. The second kappa shape index (κ2) is 11.2. The third-order valence-electron chi connectivity index (χ3n) is 5.59. The standard InChI is InChI=1S/C24H36N4O2/c1-24(2,29-3)19-26-23(25-14-11-22-10-7-17-30-22)27-21-12-15-28(16-13-21)18-20-8-5-4-6-9-20/h4-10,17,21H,11-16,18-19H2,1-3H3,(H2,25,26,27). The van der Waals surface area contributed by atoms with Gasteiger partial charge in [-0.15, -0.1) is 0 Å². The van der Waals surface area contributed by atoms with Gasteiger partial charge in [-0.25, -0.2) is 0 Å². The zero-order chi connectivity index (χ0) is 21.2. The number of methoxy groups -OCH3 is 1. The van der Waals surface area contributed by atoms with Crippen molar-refractivity contribution in [1.82, 2.24) is 15.5 Å². The fraction of sp³-hybridized carbons (Fsp3) is 0.542. The van der Waals surface area contributed by atoms with Crippen molar-refractivity contribution in [3.8, 4) is 0 Å². The van der Waals surface area contributed by atoms with E-state index < -0.39 is 0 Å². The van der Waals surface area contributed by atoms with Crippen molar-refractivity contribution < 1.29 is 9.15 Å². The van der Waals surface area contributed by atoms with E-state index in [0.29, 0.717) is 12.6 Å². The Labute approximate surface area is 180 Å². The lowest BCUT2D eigenvalue weighted by molar-refractivity contribution is 0.0310. The van der Waals surface area contributed by atoms with Gasteiger partial charge >= 0.3 is 0 Å². The van der Waals surface area contributed by atoms with Crippen LogP contribution in [0, 0.1) is 0 Å². The maximum absolute atomic E-state index is 5.53. The lowest BCUT2D eigenvalue weighted by atomic mass is 10.0. The minimum Gasteiger partial charge on any atom is -0.469 e. The molecule has 0 aliphatic carbocycles. The van der Waals surface area contributed by atoms with Gasteiger partial charge in [0.1, 0.15) is 5.76 Å². The summed E-state index contributed by atoms with van der Waals surface area (Å²) in [5, 5.41) is 7.11. The van der Waals surface area contributed by atoms with E-state index in [1.807, 2.05) is 12.1 Å². The Morgan fingerprint density at radius 2 is 1.93 bits per heavy atom. The third kappa shape index (κ3) is 7.50. The molecule has 30 heavy (non-hydrogen) atoms. The zero-order valence-corrected chi connectivity index (χ0v) is 18.6. The minimum absolute atomic E-state index is 0.283. The maximum atomic E-state index is 5.53. The summed E-state index contributed by atoms with van der Waals surface area (Å²) in [6.45, 7) is 8.70. The topological polar surface area (TPSA) is 62.0 Å². The van der Waals surface area contributed by atoms with Crippen LogP contribution in [0.15, 0.2) is 58.1 Å². The molecule has 3 rings (SSSR count). The second-order valence-corrected chi connectivity index (χ2v) is 8.57. The lowest BCUT2D eigenvalue weighted by Crippen LogP contribution is -2.49. The van der Waals surface area contributed by atoms with Gasteiger partial charge in [-0.05, 0) is 44.4 Å². The molecule has 1 aliphatic heterocycles. The second-order valence-electron chi connectivity index (χ2n) is 8.57. The Bertz CT molecular complexity index is 751. The molecule has 1 aromatic heterocycles. The average Bonchev–Trinajstić information content (AvgIpc) is 3.27. The van der Waals surface area contributed by atoms with E-state index in [1.165, 1.54) is 5.56 Å². The number of furan rings is 1. The van der Waals surface area contributed by atoms with Gasteiger partial charge in [-0.2, -0.15) is 0 Å². The highest BCUT2D eigenvalue weighted by Crippen LogP contribution is 2.14. The summed E-state index contributed by atoms with van der Waals surface area (Å²) in [7, 11) is 1.73. The fourth-order valence-electron chi connectivity index (χ4n) is 3.52. The molecule has 0 spiro atoms. The molecule has 1 aliphatic rings. The van der Waals surface area contributed by atoms with Gasteiger partial charge in [0.15, 0.2) is 5.96 Å². The van der Waals surface area contributed by atoms with Crippen LogP contribution in [-0.2, 0) is 17.7 Å². The normalized spacial score (nSPS) is 16.6. The molecule has 164 valence electrons. The number of aliphatic imine (C=N–C) groups is 1. The number of nitrogens with one attached hydrogen (secondary N) is 2. The van der Waals surface area contributed by atoms with E-state index in [9.17, 15) is 0 Å². The summed E-state index contributed by atoms with van der Waals surface area (Å²) in [5.41, 5.74) is 1.10. The SMILES string of the molecule is COC(C)(C)CN=C(NCCc1ccco1)NC1CCN(Cc2ccccc2)CC1. The van der Waals surface area contributed by atoms with Gasteiger partial charge in [-0.3, -0.25) is 9.89 Å². The van der Waals surface area contributed by atoms with Crippen LogP contribution in [0.2, 0.25) is 0 Å². The van der Waals surface area contributed by atoms with E-state index in [-0.39, 0.29) is 5.60 Å². The summed E-state index contributed by atoms with van der Waals surface area (Å²) in [4.78, 5) is 7.32. The molecule has 0 atom stereocenters. The smallest absolute Gasteiger partial charge is 0.191 e. The Morgan fingerprint density at radius 1 is 1.17 bits per heavy atom. The highest BCUT2D eigenvalue weighted by molar-refractivity contribution is 5.80. The van der Waals surface area contributed by atoms with Crippen LogP contribution in [0.1, 0.15) is 38.0 Å². The quantitative estimate of drug-likeness (QED) is 0.488. The van der Waals surface area contributed by atoms with Crippen LogP contribution in [-0.4, -0.2) is 55.8 Å². The average molecular weight is 413 g/mol. The Morgan fingerprint density at radius 3 is 2.60 bits per heavy atom. The van der Waals surface area contributed by atoms with Crippen LogP contribution in [0.25, 0.3) is 0 Å². The Balaban J connectivity index is 1.49. The lowest BCUT2D eigenvalue weighted by Gasteiger charge is -2.33. The van der Waals surface area contributed by atoms with Gasteiger partial charge in [0, 0.05) is 45.8 Å². The summed E-state index contributed by atoms with van der Waals surface area (Å²) < 4.78 is 11.0. The summed E-state index contributed by atoms with van der Waals surface area (Å²) in [5.74, 6) is 1.83. The number of benzene rings is 1. The number of hydrogen-bond donors (Lipinski definition) is 2. The van der Waals surface area contributed by atoms with Gasteiger partial charge in [-0.1, -0.05) is 30.3 Å². The summed E-state index contributed by atoms with van der Waals surface area (Å²) in [6.07, 6.45) is 4.77. The molecule has 0 radical (unpaired) electrons. The molecule has 0 bridgehead atoms. The number of guanidine groups is 1. The molecule has 2 N–H and O–H groups in total. The van der Waals surface area contributed by atoms with E-state index in [4.69, 9.17) is 14.1 Å². The first-order valence-corrected chi connectivity index (χ1v) is 10.9. The summed E-state index contributed by atoms with van der Waals surface area (Å²) in [6, 6.07) is 15.1. The van der Waals surface area contributed by atoms with Crippen molar-refractivity contribution in [3.05, 3.63) is 60.1 Å². The third-order valence-corrected chi connectivity index (χ3v) is 5.59. The molecular formula is C24H36N4O2. The summed E-state index contributed by atoms with van der Waals surface area (Å²) >= 11 is 0. The Kier molecular flexibility index (Phi) is 8.34. The van der Waals surface area contributed by atoms with Crippen molar-refractivity contribution in [3.63, 3.8) is 0 Å². The van der Waals surface area contributed by atoms with Crippen LogP contribution >= 0.6 is 0 Å². The van der Waals surface area contributed by atoms with Crippen molar-refractivity contribution in [2.75, 3.05) is 33.3 Å². The highest BCUT2D eigenvalue weighted by atomic mass is 16.5. The zero-order valence-electron chi connectivity index (χ0n) is 18.6. The van der Waals surface area contributed by atoms with Gasteiger partial charge < -0.3 is 19.8 Å². The first-order valence-electron chi connectivity index (χ1n) is 10.9. The monoisotopic (exact) mass is 412 g/mol. The number of nitrogens with zero attached hydrogens (tertiary/aromatic N) is 2. The van der Waals surface area contributed by atoms with Crippen LogP contribution in [0.4, 0.5) is 0 Å². The maximum Gasteiger partial charge on any atom is 0.191 e. The van der Waals surface area contributed by atoms with Crippen molar-refractivity contribution in [2.45, 2.75) is 51.3 Å². The Hall–Kier alpha value is -2.31. The molecule has 1 saturated heterocycles. The number of piperidine rings is 1. The molecule has 2 aromatic rings. The minimum atomic E-state index is -0.283. The number of rotatable bonds is 9. The first-order chi connectivity index (χ1) is 14.5. The predicted molar refractivity (Wildman–Crippen MR) is 122 cm³/mol. The van der Waals surface area contributed by atoms with E-state index in [1.54, 1.807) is 13.4 Å². The highest BCUT2D eigenvalue weighted by Gasteiger charge is 2.21. The molecule has 0 unspecified atom stereocenters. The molecule has 6 heteroatoms. The van der Waals surface area contributed by atoms with Crippen LogP contribution in [0.3, 0.4) is 0 Å². The van der Waals surface area contributed by atoms with Crippen LogP contribution < -0.4 is 10.6 Å². The number of hydrogen-bond acceptors (Lipinski definition) is 4. The van der Waals surface area contributed by atoms with Gasteiger partial charge in [0.05, 0.1) is 18.4 Å². The van der Waals surface area contributed by atoms with E-state index >= 15 is 0 Å². The predicted octanol–water partition coefficient (Wildman–Crippen LogP) is 3.45. The largest absolute Gasteiger partial charge is 0.469 e. The number of ether oxygens (including phenoxy) is 1. The van der Waals surface area contributed by atoms with Crippen LogP contribution in [0.5, 0.6) is 0 Å². The van der Waals surface area contributed by atoms with Gasteiger partial charge in [0.25, 0.3) is 0 Å². The first kappa shape index (κ1) is 22.4. The van der Waals surface area contributed by atoms with Crippen molar-refractivity contribution in [1.29, 1.82) is 0 Å². The van der Waals surface area contributed by atoms with Crippen molar-refractivity contribution >= 4 is 5.96 Å². The molecule has 0 saturated carbocycles. The van der Waals surface area contributed by atoms with E-state index in [2.05, 4.69) is 59.7 Å². The molecule has 1 fully saturated rings. The fourth-order valence-corrected chi connectivity index (χ4v) is 3.52. The van der Waals surface area contributed by atoms with E-state index in [0.717, 1.165) is 57.2 Å². The number of likely N-dealkylation sites (tertiary alicyclic amines) is 1. The van der Waals surface area contributed by atoms with Crippen molar-refractivity contribution in [2.24, 2.45) is 4.99 Å². The van der Waals surface area contributed by atoms with Gasteiger partial charge in [0.2, 0.25) is 0 Å². The molecule has 6 nitrogen and oxygen atoms in total.